The molecular formula is C16H17N5OS2. The highest BCUT2D eigenvalue weighted by Gasteiger charge is 2.28. The minimum absolute atomic E-state index is 0.0152. The standard InChI is InChI=1S/C16H17N5OS2/c1-2-9-17-15-19-20-16(24-15)23-11-14(22)21-13(8-10-18-21)12-6-4-3-5-7-12/h2-7,10,13H,1,8-9,11H2,(H,17,19). The second-order valence-electron chi connectivity index (χ2n) is 5.03. The lowest BCUT2D eigenvalue weighted by Gasteiger charge is -2.21. The van der Waals surface area contributed by atoms with Crippen LogP contribution in [0.4, 0.5) is 5.13 Å². The predicted molar refractivity (Wildman–Crippen MR) is 98.5 cm³/mol. The van der Waals surface area contributed by atoms with Crippen molar-refractivity contribution >= 4 is 40.4 Å². The lowest BCUT2D eigenvalue weighted by molar-refractivity contribution is -0.130. The number of nitrogens with one attached hydrogen (secondary N) is 1. The van der Waals surface area contributed by atoms with E-state index in [1.54, 1.807) is 17.3 Å². The van der Waals surface area contributed by atoms with Gasteiger partial charge in [-0.3, -0.25) is 4.79 Å². The first kappa shape index (κ1) is 16.7. The van der Waals surface area contributed by atoms with Gasteiger partial charge in [0.15, 0.2) is 4.34 Å². The molecule has 0 bridgehead atoms. The van der Waals surface area contributed by atoms with Crippen LogP contribution in [0.5, 0.6) is 0 Å². The average Bonchev–Trinajstić information content (AvgIpc) is 3.28. The number of thioether (sulfide) groups is 1. The summed E-state index contributed by atoms with van der Waals surface area (Å²) in [5.41, 5.74) is 1.10. The number of hydrogen-bond acceptors (Lipinski definition) is 7. The van der Waals surface area contributed by atoms with Crippen LogP contribution in [-0.2, 0) is 4.79 Å². The molecule has 1 atom stereocenters. The summed E-state index contributed by atoms with van der Waals surface area (Å²) < 4.78 is 0.759. The van der Waals surface area contributed by atoms with Crippen LogP contribution < -0.4 is 5.32 Å². The molecular weight excluding hydrogens is 342 g/mol. The molecule has 0 saturated carbocycles. The molecule has 0 fully saturated rings. The number of anilines is 1. The van der Waals surface area contributed by atoms with Gasteiger partial charge in [-0.15, -0.1) is 16.8 Å². The van der Waals surface area contributed by atoms with Gasteiger partial charge in [0.05, 0.1) is 11.8 Å². The maximum Gasteiger partial charge on any atom is 0.253 e. The van der Waals surface area contributed by atoms with E-state index in [9.17, 15) is 4.79 Å². The number of carbonyl (C=O) groups is 1. The van der Waals surface area contributed by atoms with Gasteiger partial charge in [0.2, 0.25) is 5.13 Å². The van der Waals surface area contributed by atoms with Crippen LogP contribution in [0.3, 0.4) is 0 Å². The molecule has 0 radical (unpaired) electrons. The fourth-order valence-electron chi connectivity index (χ4n) is 2.29. The van der Waals surface area contributed by atoms with E-state index in [0.717, 1.165) is 21.5 Å². The Hall–Kier alpha value is -2.19. The summed E-state index contributed by atoms with van der Waals surface area (Å²) in [7, 11) is 0. The van der Waals surface area contributed by atoms with Crippen molar-refractivity contribution in [2.75, 3.05) is 17.6 Å². The summed E-state index contributed by atoms with van der Waals surface area (Å²) in [6.45, 7) is 4.28. The Bertz CT molecular complexity index is 731. The van der Waals surface area contributed by atoms with Crippen molar-refractivity contribution in [3.05, 3.63) is 48.6 Å². The minimum atomic E-state index is -0.0293. The van der Waals surface area contributed by atoms with Gasteiger partial charge in [0, 0.05) is 19.2 Å². The predicted octanol–water partition coefficient (Wildman–Crippen LogP) is 3.19. The van der Waals surface area contributed by atoms with Crippen LogP contribution in [0.15, 0.2) is 52.4 Å². The van der Waals surface area contributed by atoms with Crippen molar-refractivity contribution in [2.24, 2.45) is 5.10 Å². The van der Waals surface area contributed by atoms with Crippen LogP contribution in [0.25, 0.3) is 0 Å². The lowest BCUT2D eigenvalue weighted by Crippen LogP contribution is -2.28. The van der Waals surface area contributed by atoms with Gasteiger partial charge in [-0.2, -0.15) is 5.10 Å². The van der Waals surface area contributed by atoms with E-state index in [-0.39, 0.29) is 17.7 Å². The van der Waals surface area contributed by atoms with E-state index in [2.05, 4.69) is 27.2 Å². The molecule has 8 heteroatoms. The Labute approximate surface area is 148 Å². The van der Waals surface area contributed by atoms with Crippen molar-refractivity contribution in [3.63, 3.8) is 0 Å². The van der Waals surface area contributed by atoms with E-state index in [1.807, 2.05) is 30.3 Å². The molecule has 24 heavy (non-hydrogen) atoms. The van der Waals surface area contributed by atoms with Crippen molar-refractivity contribution in [1.29, 1.82) is 0 Å². The van der Waals surface area contributed by atoms with Crippen molar-refractivity contribution < 1.29 is 4.79 Å². The van der Waals surface area contributed by atoms with Crippen LogP contribution in [0.1, 0.15) is 18.0 Å². The number of benzene rings is 1. The normalized spacial score (nSPS) is 16.3. The SMILES string of the molecule is C=CCNc1nnc(SCC(=O)N2N=CCC2c2ccccc2)s1. The van der Waals surface area contributed by atoms with Gasteiger partial charge >= 0.3 is 0 Å². The number of carbonyl (C=O) groups excluding carboxylic acids is 1. The fraction of sp³-hybridized carbons (Fsp3) is 0.250. The number of rotatable bonds is 7. The smallest absolute Gasteiger partial charge is 0.253 e. The highest BCUT2D eigenvalue weighted by atomic mass is 32.2. The number of hydrazone groups is 1. The van der Waals surface area contributed by atoms with Crippen LogP contribution in [-0.4, -0.2) is 39.6 Å². The van der Waals surface area contributed by atoms with Gasteiger partial charge < -0.3 is 5.32 Å². The van der Waals surface area contributed by atoms with Crippen molar-refractivity contribution in [1.82, 2.24) is 15.2 Å². The van der Waals surface area contributed by atoms with Crippen molar-refractivity contribution in [2.45, 2.75) is 16.8 Å². The molecule has 0 spiro atoms. The van der Waals surface area contributed by atoms with E-state index >= 15 is 0 Å². The number of hydrogen-bond donors (Lipinski definition) is 1. The van der Waals surface area contributed by atoms with Gasteiger partial charge in [-0.05, 0) is 5.56 Å². The third kappa shape index (κ3) is 4.01. The average molecular weight is 359 g/mol. The van der Waals surface area contributed by atoms with E-state index in [0.29, 0.717) is 6.54 Å². The summed E-state index contributed by atoms with van der Waals surface area (Å²) in [6, 6.07) is 9.95. The summed E-state index contributed by atoms with van der Waals surface area (Å²) >= 11 is 2.81. The first-order chi connectivity index (χ1) is 11.8. The second kappa shape index (κ2) is 8.07. The first-order valence-corrected chi connectivity index (χ1v) is 9.28. The molecule has 1 aliphatic heterocycles. The molecule has 1 aliphatic rings. The molecule has 2 heterocycles. The molecule has 0 aliphatic carbocycles. The third-order valence-electron chi connectivity index (χ3n) is 3.39. The zero-order valence-corrected chi connectivity index (χ0v) is 14.6. The maximum absolute atomic E-state index is 12.5. The molecule has 1 aromatic carbocycles. The fourth-order valence-corrected chi connectivity index (χ4v) is 3.91. The molecule has 0 saturated heterocycles. The summed E-state index contributed by atoms with van der Waals surface area (Å²) in [5.74, 6) is 0.259. The zero-order valence-electron chi connectivity index (χ0n) is 13.0. The number of aromatic nitrogens is 2. The Morgan fingerprint density at radius 3 is 3.04 bits per heavy atom. The molecule has 2 aromatic rings. The molecule has 3 rings (SSSR count). The molecule has 6 nitrogen and oxygen atoms in total. The minimum Gasteiger partial charge on any atom is -0.357 e. The van der Waals surface area contributed by atoms with Gasteiger partial charge in [0.25, 0.3) is 5.91 Å². The Morgan fingerprint density at radius 2 is 2.25 bits per heavy atom. The summed E-state index contributed by atoms with van der Waals surface area (Å²) in [4.78, 5) is 12.5. The third-order valence-corrected chi connectivity index (χ3v) is 5.39. The van der Waals surface area contributed by atoms with Crippen LogP contribution in [0.2, 0.25) is 0 Å². The Balaban J connectivity index is 1.57. The molecule has 1 amide bonds. The number of amides is 1. The first-order valence-electron chi connectivity index (χ1n) is 7.48. The van der Waals surface area contributed by atoms with Crippen molar-refractivity contribution in [3.8, 4) is 0 Å². The molecule has 1 N–H and O–H groups in total. The second-order valence-corrected chi connectivity index (χ2v) is 7.23. The summed E-state index contributed by atoms with van der Waals surface area (Å²) in [5, 5.41) is 17.7. The van der Waals surface area contributed by atoms with Crippen LogP contribution in [0, 0.1) is 0 Å². The Morgan fingerprint density at radius 1 is 1.42 bits per heavy atom. The Kier molecular flexibility index (Phi) is 5.60. The van der Waals surface area contributed by atoms with E-state index in [4.69, 9.17) is 0 Å². The van der Waals surface area contributed by atoms with E-state index < -0.39 is 0 Å². The quantitative estimate of drug-likeness (QED) is 0.607. The van der Waals surface area contributed by atoms with Gasteiger partial charge in [-0.1, -0.05) is 59.5 Å². The highest BCUT2D eigenvalue weighted by Crippen LogP contribution is 2.30. The van der Waals surface area contributed by atoms with Gasteiger partial charge in [0.1, 0.15) is 0 Å². The lowest BCUT2D eigenvalue weighted by atomic mass is 10.0. The van der Waals surface area contributed by atoms with E-state index in [1.165, 1.54) is 23.1 Å². The van der Waals surface area contributed by atoms with Gasteiger partial charge in [-0.25, -0.2) is 5.01 Å². The molecule has 1 aromatic heterocycles. The van der Waals surface area contributed by atoms with Crippen LogP contribution >= 0.6 is 23.1 Å². The maximum atomic E-state index is 12.5. The monoisotopic (exact) mass is 359 g/mol. The number of nitrogens with zero attached hydrogens (tertiary/aromatic N) is 4. The topological polar surface area (TPSA) is 70.5 Å². The molecule has 1 unspecified atom stereocenters. The highest BCUT2D eigenvalue weighted by molar-refractivity contribution is 8.01. The largest absolute Gasteiger partial charge is 0.357 e. The molecule has 124 valence electrons. The summed E-state index contributed by atoms with van der Waals surface area (Å²) in [6.07, 6.45) is 4.30. The zero-order chi connectivity index (χ0) is 16.8.